The summed E-state index contributed by atoms with van der Waals surface area (Å²) in [5.74, 6) is 0.906. The highest BCUT2D eigenvalue weighted by atomic mass is 32.1. The Labute approximate surface area is 110 Å². The Balaban J connectivity index is 1.82. The van der Waals surface area contributed by atoms with Crippen LogP contribution < -0.4 is 5.32 Å². The summed E-state index contributed by atoms with van der Waals surface area (Å²) in [5, 5.41) is 3.73. The molecule has 1 N–H and O–H groups in total. The molecule has 0 aromatic carbocycles. The fourth-order valence-electron chi connectivity index (χ4n) is 2.93. The first-order valence-corrected chi connectivity index (χ1v) is 7.78. The van der Waals surface area contributed by atoms with Gasteiger partial charge in [-0.3, -0.25) is 0 Å². The predicted molar refractivity (Wildman–Crippen MR) is 76.7 cm³/mol. The van der Waals surface area contributed by atoms with Gasteiger partial charge in [0, 0.05) is 22.3 Å². The highest BCUT2D eigenvalue weighted by molar-refractivity contribution is 7.12. The van der Waals surface area contributed by atoms with Crippen molar-refractivity contribution in [3.63, 3.8) is 0 Å². The summed E-state index contributed by atoms with van der Waals surface area (Å²) >= 11 is 1.92. The van der Waals surface area contributed by atoms with Crippen molar-refractivity contribution < 1.29 is 0 Å². The van der Waals surface area contributed by atoms with Gasteiger partial charge in [-0.25, -0.2) is 0 Å². The zero-order valence-electron chi connectivity index (χ0n) is 11.4. The Bertz CT molecular complexity index is 350. The van der Waals surface area contributed by atoms with Gasteiger partial charge in [0.1, 0.15) is 0 Å². The third-order valence-corrected chi connectivity index (χ3v) is 5.12. The minimum absolute atomic E-state index is 0.676. The van der Waals surface area contributed by atoms with E-state index in [-0.39, 0.29) is 0 Å². The summed E-state index contributed by atoms with van der Waals surface area (Å²) in [6, 6.07) is 3.01. The second kappa shape index (κ2) is 6.01. The molecule has 1 aliphatic rings. The van der Waals surface area contributed by atoms with E-state index in [1.165, 1.54) is 47.4 Å². The average Bonchev–Trinajstić information content (AvgIpc) is 2.66. The molecule has 0 unspecified atom stereocenters. The summed E-state index contributed by atoms with van der Waals surface area (Å²) in [7, 11) is 0. The van der Waals surface area contributed by atoms with Crippen molar-refractivity contribution >= 4 is 11.3 Å². The third-order valence-electron chi connectivity index (χ3n) is 4.12. The number of aryl methyl sites for hydroxylation is 2. The summed E-state index contributed by atoms with van der Waals surface area (Å²) in [6.07, 6.45) is 7.18. The molecule has 1 nitrogen and oxygen atoms in total. The number of thiophene rings is 1. The monoisotopic (exact) mass is 251 g/mol. The van der Waals surface area contributed by atoms with Crippen LogP contribution in [0.3, 0.4) is 0 Å². The molecule has 1 saturated carbocycles. The van der Waals surface area contributed by atoms with Gasteiger partial charge in [0.25, 0.3) is 0 Å². The van der Waals surface area contributed by atoms with Gasteiger partial charge < -0.3 is 5.32 Å². The quantitative estimate of drug-likeness (QED) is 0.835. The van der Waals surface area contributed by atoms with E-state index in [0.29, 0.717) is 6.04 Å². The molecule has 1 aliphatic carbocycles. The van der Waals surface area contributed by atoms with Gasteiger partial charge in [-0.2, -0.15) is 0 Å². The molecule has 0 spiro atoms. The molecule has 0 amide bonds. The maximum absolute atomic E-state index is 3.73. The maximum atomic E-state index is 3.73. The molecule has 2 rings (SSSR count). The lowest BCUT2D eigenvalue weighted by Gasteiger charge is -2.28. The van der Waals surface area contributed by atoms with Crippen LogP contribution in [0.15, 0.2) is 6.07 Å². The Kier molecular flexibility index (Phi) is 4.63. The lowest BCUT2D eigenvalue weighted by molar-refractivity contribution is 0.280. The van der Waals surface area contributed by atoms with Crippen molar-refractivity contribution in [1.82, 2.24) is 5.32 Å². The Morgan fingerprint density at radius 1 is 1.29 bits per heavy atom. The topological polar surface area (TPSA) is 12.0 Å². The van der Waals surface area contributed by atoms with Crippen molar-refractivity contribution in [1.29, 1.82) is 0 Å². The summed E-state index contributed by atoms with van der Waals surface area (Å²) in [5.41, 5.74) is 1.50. The van der Waals surface area contributed by atoms with Crippen LogP contribution in [0.4, 0.5) is 0 Å². The average molecular weight is 251 g/mol. The highest BCUT2D eigenvalue weighted by Gasteiger charge is 2.19. The van der Waals surface area contributed by atoms with Gasteiger partial charge >= 0.3 is 0 Å². The van der Waals surface area contributed by atoms with Gasteiger partial charge in [0.2, 0.25) is 0 Å². The Morgan fingerprint density at radius 3 is 2.59 bits per heavy atom. The fourth-order valence-corrected chi connectivity index (χ4v) is 3.88. The molecule has 0 radical (unpaired) electrons. The molecule has 17 heavy (non-hydrogen) atoms. The van der Waals surface area contributed by atoms with Crippen LogP contribution in [0, 0.1) is 19.8 Å². The van der Waals surface area contributed by atoms with Crippen LogP contribution in [-0.2, 0) is 6.54 Å². The second-order valence-electron chi connectivity index (χ2n) is 5.51. The second-order valence-corrected chi connectivity index (χ2v) is 6.97. The van der Waals surface area contributed by atoms with E-state index >= 15 is 0 Å². The van der Waals surface area contributed by atoms with Crippen molar-refractivity contribution in [3.05, 3.63) is 21.4 Å². The van der Waals surface area contributed by atoms with E-state index in [4.69, 9.17) is 0 Å². The number of hydrogen-bond acceptors (Lipinski definition) is 2. The molecule has 0 aliphatic heterocycles. The van der Waals surface area contributed by atoms with E-state index in [9.17, 15) is 0 Å². The molecule has 0 bridgehead atoms. The van der Waals surface area contributed by atoms with Gasteiger partial charge in [-0.15, -0.1) is 11.3 Å². The van der Waals surface area contributed by atoms with Crippen LogP contribution >= 0.6 is 11.3 Å². The first-order valence-electron chi connectivity index (χ1n) is 6.96. The fraction of sp³-hybridized carbons (Fsp3) is 0.733. The zero-order chi connectivity index (χ0) is 12.3. The van der Waals surface area contributed by atoms with Crippen molar-refractivity contribution in [3.8, 4) is 0 Å². The molecule has 0 saturated heterocycles. The van der Waals surface area contributed by atoms with E-state index in [1.54, 1.807) is 0 Å². The number of nitrogens with one attached hydrogen (secondary N) is 1. The van der Waals surface area contributed by atoms with Crippen molar-refractivity contribution in [2.45, 2.75) is 65.5 Å². The largest absolute Gasteiger partial charge is 0.310 e. The van der Waals surface area contributed by atoms with Crippen LogP contribution in [-0.4, -0.2) is 6.04 Å². The van der Waals surface area contributed by atoms with E-state index in [1.807, 2.05) is 11.3 Å². The first kappa shape index (κ1) is 13.1. The van der Waals surface area contributed by atoms with Gasteiger partial charge in [0.15, 0.2) is 0 Å². The maximum Gasteiger partial charge on any atom is 0.0219 e. The lowest BCUT2D eigenvalue weighted by Crippen LogP contribution is -2.34. The summed E-state index contributed by atoms with van der Waals surface area (Å²) in [6.45, 7) is 7.85. The number of rotatable bonds is 4. The molecule has 1 aromatic heterocycles. The molecule has 1 fully saturated rings. The van der Waals surface area contributed by atoms with Crippen molar-refractivity contribution in [2.75, 3.05) is 0 Å². The Hall–Kier alpha value is -0.340. The van der Waals surface area contributed by atoms with Gasteiger partial charge in [-0.05, 0) is 51.2 Å². The first-order chi connectivity index (χ1) is 8.16. The standard InChI is InChI=1S/C15H25NS/c1-11-9-15(13(3)17-11)10-16-12(2)14-7-5-4-6-8-14/h9,12,14,16H,4-8,10H2,1-3H3/t12-/m1/s1. The Morgan fingerprint density at radius 2 is 2.00 bits per heavy atom. The predicted octanol–water partition coefficient (Wildman–Crippen LogP) is 4.42. The molecule has 1 heterocycles. The highest BCUT2D eigenvalue weighted by Crippen LogP contribution is 2.27. The summed E-state index contributed by atoms with van der Waals surface area (Å²) < 4.78 is 0. The van der Waals surface area contributed by atoms with Gasteiger partial charge in [0.05, 0.1) is 0 Å². The minimum Gasteiger partial charge on any atom is -0.310 e. The van der Waals surface area contributed by atoms with E-state index < -0.39 is 0 Å². The van der Waals surface area contributed by atoms with Crippen LogP contribution in [0.5, 0.6) is 0 Å². The minimum atomic E-state index is 0.676. The van der Waals surface area contributed by atoms with Crippen LogP contribution in [0.2, 0.25) is 0 Å². The molecule has 1 atom stereocenters. The van der Waals surface area contributed by atoms with Gasteiger partial charge in [-0.1, -0.05) is 19.3 Å². The smallest absolute Gasteiger partial charge is 0.0219 e. The summed E-state index contributed by atoms with van der Waals surface area (Å²) in [4.78, 5) is 2.91. The number of hydrogen-bond donors (Lipinski definition) is 1. The zero-order valence-corrected chi connectivity index (χ0v) is 12.2. The van der Waals surface area contributed by atoms with Crippen LogP contribution in [0.1, 0.15) is 54.3 Å². The molecular formula is C15H25NS. The SMILES string of the molecule is Cc1cc(CN[C@H](C)C2CCCCC2)c(C)s1. The lowest BCUT2D eigenvalue weighted by atomic mass is 9.84. The van der Waals surface area contributed by atoms with E-state index in [0.717, 1.165) is 12.5 Å². The van der Waals surface area contributed by atoms with Crippen molar-refractivity contribution in [2.24, 2.45) is 5.92 Å². The molecule has 2 heteroatoms. The van der Waals surface area contributed by atoms with E-state index in [2.05, 4.69) is 32.2 Å². The van der Waals surface area contributed by atoms with Crippen LogP contribution in [0.25, 0.3) is 0 Å². The normalized spacial score (nSPS) is 19.5. The molecule has 1 aromatic rings. The molecular weight excluding hydrogens is 226 g/mol. The third kappa shape index (κ3) is 3.56. The molecule has 96 valence electrons.